The van der Waals surface area contributed by atoms with Crippen molar-refractivity contribution in [2.75, 3.05) is 14.2 Å². The van der Waals surface area contributed by atoms with Crippen molar-refractivity contribution in [1.29, 1.82) is 0 Å². The molecule has 0 fully saturated rings. The third-order valence-corrected chi connectivity index (χ3v) is 8.82. The van der Waals surface area contributed by atoms with Gasteiger partial charge in [-0.05, 0) is 84.4 Å². The Labute approximate surface area is 214 Å². The number of hydrogen-bond acceptors (Lipinski definition) is 4. The first-order chi connectivity index (χ1) is 16.9. The number of halogens is 2. The van der Waals surface area contributed by atoms with Crippen molar-refractivity contribution in [3.63, 3.8) is 0 Å². The van der Waals surface area contributed by atoms with Crippen LogP contribution >= 0.6 is 30.6 Å². The molecular formula is C28H21Cl2O4P. The zero-order chi connectivity index (χ0) is 24.6. The molecule has 0 amide bonds. The van der Waals surface area contributed by atoms with Crippen LogP contribution in [0.5, 0.6) is 11.5 Å². The van der Waals surface area contributed by atoms with Crippen LogP contribution in [0, 0.1) is 0 Å². The van der Waals surface area contributed by atoms with Crippen LogP contribution in [0.25, 0.3) is 11.3 Å². The van der Waals surface area contributed by atoms with E-state index >= 15 is 0 Å². The molecule has 0 aromatic heterocycles. The predicted molar refractivity (Wildman–Crippen MR) is 143 cm³/mol. The Morgan fingerprint density at radius 1 is 0.686 bits per heavy atom. The van der Waals surface area contributed by atoms with Crippen LogP contribution in [0.3, 0.4) is 0 Å². The van der Waals surface area contributed by atoms with E-state index in [1.807, 2.05) is 54.6 Å². The fourth-order valence-corrected chi connectivity index (χ4v) is 6.66. The lowest BCUT2D eigenvalue weighted by Gasteiger charge is -2.31. The van der Waals surface area contributed by atoms with Crippen LogP contribution < -0.4 is 20.1 Å². The monoisotopic (exact) mass is 522 g/mol. The number of fused-ring (bicyclic) bond motifs is 1. The molecule has 0 bridgehead atoms. The summed E-state index contributed by atoms with van der Waals surface area (Å²) in [5, 5.41) is 2.21. The lowest BCUT2D eigenvalue weighted by atomic mass is 9.94. The molecule has 1 atom stereocenters. The topological polar surface area (TPSA) is 44.8 Å². The fraction of sp³-hybridized carbons (Fsp3) is 0.0714. The van der Waals surface area contributed by atoms with Gasteiger partial charge in [-0.15, -0.1) is 0 Å². The average Bonchev–Trinajstić information content (AvgIpc) is 2.89. The van der Waals surface area contributed by atoms with Gasteiger partial charge in [-0.3, -0.25) is 4.57 Å². The molecule has 4 nitrogen and oxygen atoms in total. The molecule has 176 valence electrons. The highest BCUT2D eigenvalue weighted by Crippen LogP contribution is 2.56. The van der Waals surface area contributed by atoms with E-state index in [1.165, 1.54) is 0 Å². The highest BCUT2D eigenvalue weighted by atomic mass is 35.5. The number of methoxy groups -OCH3 is 2. The van der Waals surface area contributed by atoms with Gasteiger partial charge in [0.15, 0.2) is 0 Å². The molecule has 0 N–H and O–H groups in total. The number of ether oxygens (including phenoxy) is 2. The maximum Gasteiger partial charge on any atom is 0.307 e. The zero-order valence-electron chi connectivity index (χ0n) is 19.0. The Bertz CT molecular complexity index is 1460. The first-order valence-electron chi connectivity index (χ1n) is 10.8. The smallest absolute Gasteiger partial charge is 0.307 e. The fourth-order valence-electron chi connectivity index (χ4n) is 4.12. The molecule has 0 spiro atoms. The SMILES string of the molecule is COc1ccc(C2=C(c3ccc(OC)cc3)c3cc(Cl)ccc3P(=O)(c3ccc(Cl)cc3)O2)cc1. The summed E-state index contributed by atoms with van der Waals surface area (Å²) < 4.78 is 31.9. The predicted octanol–water partition coefficient (Wildman–Crippen LogP) is 7.19. The molecule has 5 rings (SSSR count). The van der Waals surface area contributed by atoms with Crippen molar-refractivity contribution >= 4 is 52.5 Å². The molecular weight excluding hydrogens is 502 g/mol. The van der Waals surface area contributed by atoms with E-state index in [9.17, 15) is 4.57 Å². The van der Waals surface area contributed by atoms with Gasteiger partial charge in [0.1, 0.15) is 17.3 Å². The summed E-state index contributed by atoms with van der Waals surface area (Å²) in [7, 11) is -0.305. The van der Waals surface area contributed by atoms with Gasteiger partial charge in [0.2, 0.25) is 0 Å². The second kappa shape index (κ2) is 9.47. The Kier molecular flexibility index (Phi) is 6.37. The van der Waals surface area contributed by atoms with Crippen LogP contribution in [0.1, 0.15) is 16.7 Å². The van der Waals surface area contributed by atoms with Gasteiger partial charge in [0.25, 0.3) is 0 Å². The van der Waals surface area contributed by atoms with E-state index in [2.05, 4.69) is 0 Å². The Balaban J connectivity index is 1.81. The van der Waals surface area contributed by atoms with E-state index < -0.39 is 7.37 Å². The second-order valence-corrected chi connectivity index (χ2v) is 11.1. The second-order valence-electron chi connectivity index (χ2n) is 7.94. The standard InChI is InChI=1S/C28H21Cl2O4P/c1-32-22-10-3-18(4-11-22)27-25-17-21(30)9-16-26(25)35(31,24-14-7-20(29)8-15-24)34-28(27)19-5-12-23(33-2)13-6-19/h3-17H,1-2H3. The summed E-state index contributed by atoms with van der Waals surface area (Å²) in [4.78, 5) is 0. The molecule has 0 saturated heterocycles. The van der Waals surface area contributed by atoms with Gasteiger partial charge < -0.3 is 14.0 Å². The quantitative estimate of drug-likeness (QED) is 0.260. The molecule has 1 aliphatic heterocycles. The van der Waals surface area contributed by atoms with E-state index in [1.54, 1.807) is 50.6 Å². The highest BCUT2D eigenvalue weighted by molar-refractivity contribution is 7.74. The zero-order valence-corrected chi connectivity index (χ0v) is 21.4. The summed E-state index contributed by atoms with van der Waals surface area (Å²) >= 11 is 12.6. The first kappa shape index (κ1) is 23.6. The Morgan fingerprint density at radius 3 is 1.80 bits per heavy atom. The minimum Gasteiger partial charge on any atom is -0.497 e. The minimum absolute atomic E-state index is 0.492. The third-order valence-electron chi connectivity index (χ3n) is 5.89. The molecule has 35 heavy (non-hydrogen) atoms. The lowest BCUT2D eigenvalue weighted by molar-refractivity contribution is 0.414. The van der Waals surface area contributed by atoms with Gasteiger partial charge in [-0.2, -0.15) is 0 Å². The lowest BCUT2D eigenvalue weighted by Crippen LogP contribution is -2.25. The van der Waals surface area contributed by atoms with Crippen molar-refractivity contribution in [3.8, 4) is 11.5 Å². The molecule has 4 aromatic rings. The Morgan fingerprint density at radius 2 is 1.23 bits per heavy atom. The number of rotatable bonds is 5. The van der Waals surface area contributed by atoms with Gasteiger partial charge in [0, 0.05) is 26.7 Å². The van der Waals surface area contributed by atoms with Crippen LogP contribution in [0.15, 0.2) is 91.0 Å². The molecule has 1 unspecified atom stereocenters. The van der Waals surface area contributed by atoms with Crippen LogP contribution in [-0.2, 0) is 9.09 Å². The van der Waals surface area contributed by atoms with E-state index in [0.29, 0.717) is 32.2 Å². The first-order valence-corrected chi connectivity index (χ1v) is 13.2. The minimum atomic E-state index is -3.54. The van der Waals surface area contributed by atoms with Crippen molar-refractivity contribution in [1.82, 2.24) is 0 Å². The number of benzene rings is 4. The third kappa shape index (κ3) is 4.34. The molecule has 1 aliphatic rings. The molecule has 7 heteroatoms. The van der Waals surface area contributed by atoms with E-state index in [-0.39, 0.29) is 0 Å². The van der Waals surface area contributed by atoms with Gasteiger partial charge in [-0.1, -0.05) is 35.3 Å². The van der Waals surface area contributed by atoms with Crippen LogP contribution in [0.2, 0.25) is 10.0 Å². The normalized spacial score (nSPS) is 16.9. The van der Waals surface area contributed by atoms with Crippen molar-refractivity contribution in [2.24, 2.45) is 0 Å². The molecule has 0 radical (unpaired) electrons. The van der Waals surface area contributed by atoms with Crippen LogP contribution in [0.4, 0.5) is 0 Å². The summed E-state index contributed by atoms with van der Waals surface area (Å²) in [5.74, 6) is 1.93. The summed E-state index contributed by atoms with van der Waals surface area (Å²) in [6, 6.07) is 27.4. The van der Waals surface area contributed by atoms with Crippen molar-refractivity contribution in [3.05, 3.63) is 118 Å². The van der Waals surface area contributed by atoms with Crippen LogP contribution in [-0.4, -0.2) is 14.2 Å². The van der Waals surface area contributed by atoms with Gasteiger partial charge >= 0.3 is 7.37 Å². The summed E-state index contributed by atoms with van der Waals surface area (Å²) in [6.45, 7) is 0. The van der Waals surface area contributed by atoms with E-state index in [0.717, 1.165) is 28.0 Å². The number of hydrogen-bond donors (Lipinski definition) is 0. The van der Waals surface area contributed by atoms with Gasteiger partial charge in [0.05, 0.1) is 24.8 Å². The maximum atomic E-state index is 14.7. The summed E-state index contributed by atoms with van der Waals surface area (Å²) in [6.07, 6.45) is 0. The van der Waals surface area contributed by atoms with E-state index in [4.69, 9.17) is 37.2 Å². The molecule has 4 aromatic carbocycles. The maximum absolute atomic E-state index is 14.7. The molecule has 1 heterocycles. The molecule has 0 aliphatic carbocycles. The highest BCUT2D eigenvalue weighted by Gasteiger charge is 2.40. The van der Waals surface area contributed by atoms with Crippen molar-refractivity contribution in [2.45, 2.75) is 0 Å². The summed E-state index contributed by atoms with van der Waals surface area (Å²) in [5.41, 5.74) is 3.17. The van der Waals surface area contributed by atoms with Crippen molar-refractivity contribution < 1.29 is 18.6 Å². The largest absolute Gasteiger partial charge is 0.497 e. The average molecular weight is 523 g/mol. The van der Waals surface area contributed by atoms with Gasteiger partial charge in [-0.25, -0.2) is 0 Å². The molecule has 0 saturated carbocycles. The Hall–Kier alpha value is -3.17.